The van der Waals surface area contributed by atoms with Crippen molar-refractivity contribution in [1.29, 1.82) is 0 Å². The van der Waals surface area contributed by atoms with Crippen molar-refractivity contribution in [3.8, 4) is 11.3 Å². The smallest absolute Gasteiger partial charge is 0.146 e. The maximum absolute atomic E-state index is 15.3. The van der Waals surface area contributed by atoms with E-state index in [9.17, 15) is 8.78 Å². The van der Waals surface area contributed by atoms with Gasteiger partial charge in [0.05, 0.1) is 5.69 Å². The van der Waals surface area contributed by atoms with Gasteiger partial charge in [0.15, 0.2) is 0 Å². The van der Waals surface area contributed by atoms with Crippen molar-refractivity contribution in [3.05, 3.63) is 76.6 Å². The number of hydrogen-bond donors (Lipinski definition) is 1. The lowest BCUT2D eigenvalue weighted by Gasteiger charge is -2.20. The summed E-state index contributed by atoms with van der Waals surface area (Å²) < 4.78 is 42.8. The Kier molecular flexibility index (Phi) is 4.77. The Balaban J connectivity index is 1.85. The standard InChI is InChI=1S/C21H19F3N4/c1-28-5-4-17(12-7-15(22)10-16(23)8-12)21-14(11-28)6-13(9-18(21)24)19-2-3-20(25)27-26-19/h2-3,6-10,17H,4-5,11H2,1H3,(H2,25,27). The highest BCUT2D eigenvalue weighted by Crippen LogP contribution is 2.38. The third kappa shape index (κ3) is 3.57. The second-order valence-corrected chi connectivity index (χ2v) is 7.16. The molecule has 0 fully saturated rings. The van der Waals surface area contributed by atoms with Crippen molar-refractivity contribution in [2.24, 2.45) is 0 Å². The fourth-order valence-electron chi connectivity index (χ4n) is 3.81. The Morgan fingerprint density at radius 3 is 2.43 bits per heavy atom. The number of fused-ring (bicyclic) bond motifs is 1. The zero-order valence-electron chi connectivity index (χ0n) is 15.3. The van der Waals surface area contributed by atoms with Crippen LogP contribution in [-0.2, 0) is 6.54 Å². The fraction of sp³-hybridized carbons (Fsp3) is 0.238. The van der Waals surface area contributed by atoms with Crippen molar-refractivity contribution in [1.82, 2.24) is 15.1 Å². The molecule has 0 bridgehead atoms. The maximum Gasteiger partial charge on any atom is 0.146 e. The summed E-state index contributed by atoms with van der Waals surface area (Å²) in [5.41, 5.74) is 8.35. The lowest BCUT2D eigenvalue weighted by atomic mass is 9.85. The van der Waals surface area contributed by atoms with E-state index < -0.39 is 23.4 Å². The van der Waals surface area contributed by atoms with E-state index in [0.717, 1.165) is 11.6 Å². The van der Waals surface area contributed by atoms with E-state index in [1.807, 2.05) is 13.1 Å². The Labute approximate surface area is 160 Å². The molecular formula is C21H19F3N4. The van der Waals surface area contributed by atoms with Gasteiger partial charge in [-0.1, -0.05) is 0 Å². The first-order chi connectivity index (χ1) is 13.4. The molecule has 0 aliphatic carbocycles. The van der Waals surface area contributed by atoms with Gasteiger partial charge < -0.3 is 10.6 Å². The average molecular weight is 384 g/mol. The van der Waals surface area contributed by atoms with E-state index in [-0.39, 0.29) is 5.82 Å². The molecule has 3 aromatic rings. The molecule has 0 spiro atoms. The van der Waals surface area contributed by atoms with E-state index in [0.29, 0.717) is 41.9 Å². The minimum Gasteiger partial charge on any atom is -0.382 e. The molecule has 2 aromatic carbocycles. The molecular weight excluding hydrogens is 365 g/mol. The number of rotatable bonds is 2. The van der Waals surface area contributed by atoms with Crippen LogP contribution in [0.4, 0.5) is 19.0 Å². The van der Waals surface area contributed by atoms with Gasteiger partial charge in [0, 0.05) is 24.1 Å². The lowest BCUT2D eigenvalue weighted by Crippen LogP contribution is -2.17. The second-order valence-electron chi connectivity index (χ2n) is 7.16. The van der Waals surface area contributed by atoms with Gasteiger partial charge in [-0.25, -0.2) is 13.2 Å². The number of nitrogen functional groups attached to an aromatic ring is 1. The highest BCUT2D eigenvalue weighted by atomic mass is 19.1. The molecule has 0 saturated carbocycles. The predicted molar refractivity (Wildman–Crippen MR) is 101 cm³/mol. The lowest BCUT2D eigenvalue weighted by molar-refractivity contribution is 0.328. The van der Waals surface area contributed by atoms with Crippen molar-refractivity contribution in [2.45, 2.75) is 18.9 Å². The van der Waals surface area contributed by atoms with Crippen LogP contribution in [0.25, 0.3) is 11.3 Å². The van der Waals surface area contributed by atoms with Crippen LogP contribution in [0.15, 0.2) is 42.5 Å². The summed E-state index contributed by atoms with van der Waals surface area (Å²) in [4.78, 5) is 2.06. The molecule has 1 aromatic heterocycles. The molecule has 0 radical (unpaired) electrons. The first-order valence-corrected chi connectivity index (χ1v) is 8.97. The summed E-state index contributed by atoms with van der Waals surface area (Å²) in [5, 5.41) is 7.85. The third-order valence-electron chi connectivity index (χ3n) is 5.07. The first-order valence-electron chi connectivity index (χ1n) is 8.97. The molecule has 1 unspecified atom stereocenters. The molecule has 28 heavy (non-hydrogen) atoms. The van der Waals surface area contributed by atoms with Crippen molar-refractivity contribution < 1.29 is 13.2 Å². The van der Waals surface area contributed by atoms with Gasteiger partial charge in [-0.3, -0.25) is 0 Å². The molecule has 1 aliphatic heterocycles. The van der Waals surface area contributed by atoms with Gasteiger partial charge in [0.25, 0.3) is 0 Å². The van der Waals surface area contributed by atoms with E-state index in [4.69, 9.17) is 5.73 Å². The zero-order valence-corrected chi connectivity index (χ0v) is 15.3. The molecule has 1 atom stereocenters. The number of halogens is 3. The summed E-state index contributed by atoms with van der Waals surface area (Å²) in [6.45, 7) is 1.20. The molecule has 7 heteroatoms. The van der Waals surface area contributed by atoms with E-state index in [1.165, 1.54) is 18.2 Å². The van der Waals surface area contributed by atoms with Crippen LogP contribution >= 0.6 is 0 Å². The van der Waals surface area contributed by atoms with Gasteiger partial charge in [0.1, 0.15) is 23.3 Å². The maximum atomic E-state index is 15.3. The summed E-state index contributed by atoms with van der Waals surface area (Å²) in [7, 11) is 1.94. The van der Waals surface area contributed by atoms with Crippen LogP contribution in [0.3, 0.4) is 0 Å². The highest BCUT2D eigenvalue weighted by molar-refractivity contribution is 5.62. The van der Waals surface area contributed by atoms with Crippen LogP contribution in [0.5, 0.6) is 0 Å². The van der Waals surface area contributed by atoms with Crippen molar-refractivity contribution in [3.63, 3.8) is 0 Å². The second kappa shape index (κ2) is 7.24. The Morgan fingerprint density at radius 1 is 1.00 bits per heavy atom. The fourth-order valence-corrected chi connectivity index (χ4v) is 3.81. The molecule has 144 valence electrons. The minimum atomic E-state index is -0.664. The van der Waals surface area contributed by atoms with Crippen LogP contribution in [0, 0.1) is 17.5 Å². The van der Waals surface area contributed by atoms with Crippen molar-refractivity contribution >= 4 is 5.82 Å². The minimum absolute atomic E-state index is 0.284. The monoisotopic (exact) mass is 384 g/mol. The Hall–Kier alpha value is -2.93. The molecule has 2 N–H and O–H groups in total. The number of aromatic nitrogens is 2. The van der Waals surface area contributed by atoms with Gasteiger partial charge >= 0.3 is 0 Å². The topological polar surface area (TPSA) is 55.0 Å². The molecule has 0 saturated heterocycles. The van der Waals surface area contributed by atoms with Gasteiger partial charge in [-0.2, -0.15) is 0 Å². The molecule has 4 rings (SSSR count). The van der Waals surface area contributed by atoms with Gasteiger partial charge in [0.2, 0.25) is 0 Å². The summed E-state index contributed by atoms with van der Waals surface area (Å²) in [5.74, 6) is -1.90. The normalized spacial score (nSPS) is 17.2. The van der Waals surface area contributed by atoms with Gasteiger partial charge in [-0.05, 0) is 73.1 Å². The van der Waals surface area contributed by atoms with Crippen LogP contribution in [0.1, 0.15) is 29.0 Å². The zero-order chi connectivity index (χ0) is 19.8. The average Bonchev–Trinajstić information content (AvgIpc) is 2.80. The van der Waals surface area contributed by atoms with Crippen LogP contribution < -0.4 is 5.73 Å². The summed E-state index contributed by atoms with van der Waals surface area (Å²) in [6.07, 6.45) is 0.560. The van der Waals surface area contributed by atoms with Crippen LogP contribution in [-0.4, -0.2) is 28.7 Å². The number of nitrogens with two attached hydrogens (primary N) is 1. The van der Waals surface area contributed by atoms with Gasteiger partial charge in [-0.15, -0.1) is 10.2 Å². The molecule has 2 heterocycles. The Morgan fingerprint density at radius 2 is 1.75 bits per heavy atom. The van der Waals surface area contributed by atoms with E-state index >= 15 is 4.39 Å². The van der Waals surface area contributed by atoms with E-state index in [1.54, 1.807) is 12.1 Å². The number of nitrogens with zero attached hydrogens (tertiary/aromatic N) is 3. The summed E-state index contributed by atoms with van der Waals surface area (Å²) in [6, 6.07) is 9.94. The largest absolute Gasteiger partial charge is 0.382 e. The van der Waals surface area contributed by atoms with Crippen molar-refractivity contribution in [2.75, 3.05) is 19.3 Å². The molecule has 4 nitrogen and oxygen atoms in total. The number of hydrogen-bond acceptors (Lipinski definition) is 4. The predicted octanol–water partition coefficient (Wildman–Crippen LogP) is 4.11. The Bertz CT molecular complexity index is 1000. The number of anilines is 1. The third-order valence-corrected chi connectivity index (χ3v) is 5.07. The highest BCUT2D eigenvalue weighted by Gasteiger charge is 2.27. The number of benzene rings is 2. The molecule has 1 aliphatic rings. The molecule has 0 amide bonds. The summed E-state index contributed by atoms with van der Waals surface area (Å²) >= 11 is 0. The quantitative estimate of drug-likeness (QED) is 0.723. The van der Waals surface area contributed by atoms with Crippen LogP contribution in [0.2, 0.25) is 0 Å². The SMILES string of the molecule is CN1CCC(c2cc(F)cc(F)c2)c2c(F)cc(-c3ccc(N)nn3)cc2C1. The first kappa shape index (κ1) is 18.4. The van der Waals surface area contributed by atoms with E-state index in [2.05, 4.69) is 15.1 Å².